The van der Waals surface area contributed by atoms with Crippen molar-refractivity contribution >= 4 is 21.6 Å². The molecule has 146 valence electrons. The van der Waals surface area contributed by atoms with E-state index in [-0.39, 0.29) is 16.1 Å². The third kappa shape index (κ3) is 5.46. The molecule has 0 saturated carbocycles. The van der Waals surface area contributed by atoms with E-state index in [1.54, 1.807) is 32.9 Å². The summed E-state index contributed by atoms with van der Waals surface area (Å²) in [5.41, 5.74) is -1.36. The van der Waals surface area contributed by atoms with Crippen LogP contribution in [0.5, 0.6) is 0 Å². The molecule has 2 N–H and O–H groups in total. The van der Waals surface area contributed by atoms with Crippen molar-refractivity contribution in [3.63, 3.8) is 0 Å². The molecular formula is C18H19F3N2O3S. The molecule has 27 heavy (non-hydrogen) atoms. The highest BCUT2D eigenvalue weighted by atomic mass is 32.2. The molecule has 0 heterocycles. The Kier molecular flexibility index (Phi) is 5.55. The van der Waals surface area contributed by atoms with Gasteiger partial charge < -0.3 is 5.32 Å². The quantitative estimate of drug-likeness (QED) is 0.814. The highest BCUT2D eigenvalue weighted by Crippen LogP contribution is 2.30. The number of alkyl halides is 3. The molecule has 0 saturated heterocycles. The summed E-state index contributed by atoms with van der Waals surface area (Å²) in [4.78, 5) is 12.0. The van der Waals surface area contributed by atoms with Crippen LogP contribution in [0.15, 0.2) is 53.4 Å². The first kappa shape index (κ1) is 20.8. The molecule has 0 aliphatic carbocycles. The summed E-state index contributed by atoms with van der Waals surface area (Å²) in [6.45, 7) is 5.33. The molecule has 5 nitrogen and oxygen atoms in total. The zero-order valence-corrected chi connectivity index (χ0v) is 15.7. The van der Waals surface area contributed by atoms with Crippen LogP contribution in [0.3, 0.4) is 0 Å². The summed E-state index contributed by atoms with van der Waals surface area (Å²) in [7, 11) is -4.17. The molecule has 9 heteroatoms. The molecule has 0 radical (unpaired) electrons. The van der Waals surface area contributed by atoms with Gasteiger partial charge in [-0.1, -0.05) is 12.1 Å². The molecule has 1 amide bonds. The zero-order chi connectivity index (χ0) is 20.5. The molecule has 2 aromatic carbocycles. The van der Waals surface area contributed by atoms with E-state index in [0.29, 0.717) is 12.1 Å². The predicted octanol–water partition coefficient (Wildman–Crippen LogP) is 4.03. The minimum Gasteiger partial charge on any atom is -0.347 e. The molecule has 0 aromatic heterocycles. The van der Waals surface area contributed by atoms with Gasteiger partial charge >= 0.3 is 6.18 Å². The van der Waals surface area contributed by atoms with Crippen molar-refractivity contribution in [2.24, 2.45) is 0 Å². The molecule has 0 bridgehead atoms. The number of rotatable bonds is 4. The van der Waals surface area contributed by atoms with Gasteiger partial charge in [-0.2, -0.15) is 13.2 Å². The van der Waals surface area contributed by atoms with Crippen molar-refractivity contribution in [1.82, 2.24) is 5.32 Å². The Morgan fingerprint density at radius 1 is 0.926 bits per heavy atom. The molecule has 0 unspecified atom stereocenters. The fourth-order valence-corrected chi connectivity index (χ4v) is 3.28. The monoisotopic (exact) mass is 400 g/mol. The molecule has 0 atom stereocenters. The molecule has 0 spiro atoms. The van der Waals surface area contributed by atoms with Gasteiger partial charge in [0.25, 0.3) is 15.9 Å². The van der Waals surface area contributed by atoms with Crippen LogP contribution in [-0.4, -0.2) is 19.9 Å². The Morgan fingerprint density at radius 3 is 2.00 bits per heavy atom. The Morgan fingerprint density at radius 2 is 1.48 bits per heavy atom. The van der Waals surface area contributed by atoms with Crippen LogP contribution in [0.1, 0.15) is 36.7 Å². The van der Waals surface area contributed by atoms with Gasteiger partial charge in [-0.15, -0.1) is 0 Å². The predicted molar refractivity (Wildman–Crippen MR) is 95.9 cm³/mol. The Hall–Kier alpha value is -2.55. The second-order valence-corrected chi connectivity index (χ2v) is 8.56. The molecule has 0 aliphatic rings. The van der Waals surface area contributed by atoms with Gasteiger partial charge in [0, 0.05) is 5.54 Å². The summed E-state index contributed by atoms with van der Waals surface area (Å²) in [5, 5.41) is 2.73. The summed E-state index contributed by atoms with van der Waals surface area (Å²) in [6, 6.07) is 9.07. The number of sulfonamides is 1. The van der Waals surface area contributed by atoms with Crippen LogP contribution in [0.2, 0.25) is 0 Å². The Balaban J connectivity index is 2.32. The lowest BCUT2D eigenvalue weighted by Crippen LogP contribution is -2.40. The Bertz CT molecular complexity index is 932. The van der Waals surface area contributed by atoms with Crippen LogP contribution < -0.4 is 10.0 Å². The summed E-state index contributed by atoms with van der Waals surface area (Å²) >= 11 is 0. The number of anilines is 1. The number of hydrogen-bond donors (Lipinski definition) is 2. The molecule has 2 rings (SSSR count). The molecule has 0 aliphatic heterocycles. The fourth-order valence-electron chi connectivity index (χ4n) is 2.20. The normalized spacial score (nSPS) is 12.5. The van der Waals surface area contributed by atoms with Crippen LogP contribution in [0, 0.1) is 0 Å². The van der Waals surface area contributed by atoms with E-state index in [9.17, 15) is 26.4 Å². The third-order valence-corrected chi connectivity index (χ3v) is 4.78. The van der Waals surface area contributed by atoms with E-state index in [1.165, 1.54) is 12.1 Å². The topological polar surface area (TPSA) is 75.3 Å². The van der Waals surface area contributed by atoms with E-state index in [1.807, 2.05) is 0 Å². The van der Waals surface area contributed by atoms with Crippen LogP contribution >= 0.6 is 0 Å². The number of benzene rings is 2. The van der Waals surface area contributed by atoms with Gasteiger partial charge in [0.15, 0.2) is 0 Å². The van der Waals surface area contributed by atoms with Gasteiger partial charge in [-0.25, -0.2) is 8.42 Å². The summed E-state index contributed by atoms with van der Waals surface area (Å²) in [6.07, 6.45) is -4.56. The van der Waals surface area contributed by atoms with Crippen molar-refractivity contribution in [2.75, 3.05) is 4.72 Å². The van der Waals surface area contributed by atoms with Crippen molar-refractivity contribution in [3.8, 4) is 0 Å². The minimum atomic E-state index is -4.56. The van der Waals surface area contributed by atoms with Crippen molar-refractivity contribution in [2.45, 2.75) is 37.4 Å². The first-order valence-electron chi connectivity index (χ1n) is 7.91. The summed E-state index contributed by atoms with van der Waals surface area (Å²) in [5.74, 6) is -0.479. The fraction of sp³-hybridized carbons (Fsp3) is 0.278. The highest BCUT2D eigenvalue weighted by Gasteiger charge is 2.30. The van der Waals surface area contributed by atoms with E-state index in [2.05, 4.69) is 10.0 Å². The Labute approximate surface area is 155 Å². The maximum Gasteiger partial charge on any atom is 0.416 e. The van der Waals surface area contributed by atoms with E-state index >= 15 is 0 Å². The number of carbonyl (C=O) groups excluding carboxylic acids is 1. The van der Waals surface area contributed by atoms with Crippen molar-refractivity contribution in [3.05, 3.63) is 59.7 Å². The number of nitrogens with one attached hydrogen (secondary N) is 2. The number of halogens is 3. The lowest BCUT2D eigenvalue weighted by atomic mass is 10.1. The average Bonchev–Trinajstić information content (AvgIpc) is 2.52. The van der Waals surface area contributed by atoms with E-state index in [4.69, 9.17) is 0 Å². The zero-order valence-electron chi connectivity index (χ0n) is 14.9. The molecular weight excluding hydrogens is 381 g/mol. The molecule has 2 aromatic rings. The molecule has 0 fully saturated rings. The maximum absolute atomic E-state index is 12.6. The lowest BCUT2D eigenvalue weighted by Gasteiger charge is -2.21. The van der Waals surface area contributed by atoms with E-state index in [0.717, 1.165) is 12.1 Å². The standard InChI is InChI=1S/C18H19F3N2O3S/c1-17(2,3)22-16(24)14-6-4-5-7-15(14)23-27(25,26)13-10-8-12(9-11-13)18(19,20)21/h4-11,23H,1-3H3,(H,22,24). The van der Waals surface area contributed by atoms with Gasteiger partial charge in [-0.05, 0) is 57.2 Å². The number of hydrogen-bond acceptors (Lipinski definition) is 3. The number of para-hydroxylation sites is 1. The van der Waals surface area contributed by atoms with Crippen LogP contribution in [0.25, 0.3) is 0 Å². The second-order valence-electron chi connectivity index (χ2n) is 6.88. The van der Waals surface area contributed by atoms with Gasteiger partial charge in [0.1, 0.15) is 0 Å². The van der Waals surface area contributed by atoms with Gasteiger partial charge in [0.05, 0.1) is 21.7 Å². The van der Waals surface area contributed by atoms with Gasteiger partial charge in [0.2, 0.25) is 0 Å². The minimum absolute atomic E-state index is 0.0270. The highest BCUT2D eigenvalue weighted by molar-refractivity contribution is 7.92. The van der Waals surface area contributed by atoms with Crippen LogP contribution in [0.4, 0.5) is 18.9 Å². The average molecular weight is 400 g/mol. The third-order valence-electron chi connectivity index (χ3n) is 3.40. The number of amides is 1. The number of carbonyl (C=O) groups is 1. The smallest absolute Gasteiger partial charge is 0.347 e. The van der Waals surface area contributed by atoms with Crippen LogP contribution in [-0.2, 0) is 16.2 Å². The van der Waals surface area contributed by atoms with Gasteiger partial charge in [-0.3, -0.25) is 9.52 Å². The SMILES string of the molecule is CC(C)(C)NC(=O)c1ccccc1NS(=O)(=O)c1ccc(C(F)(F)F)cc1. The first-order chi connectivity index (χ1) is 12.3. The van der Waals surface area contributed by atoms with Crippen molar-refractivity contribution < 1.29 is 26.4 Å². The first-order valence-corrected chi connectivity index (χ1v) is 9.39. The second kappa shape index (κ2) is 7.22. The largest absolute Gasteiger partial charge is 0.416 e. The van der Waals surface area contributed by atoms with E-state index < -0.39 is 33.2 Å². The van der Waals surface area contributed by atoms with Crippen molar-refractivity contribution in [1.29, 1.82) is 0 Å². The lowest BCUT2D eigenvalue weighted by molar-refractivity contribution is -0.137. The summed E-state index contributed by atoms with van der Waals surface area (Å²) < 4.78 is 65.1. The maximum atomic E-state index is 12.6.